The number of carbonyl (C=O) groups excluding carboxylic acids is 5. The fraction of sp³-hybridized carbons (Fsp3) is 0.500. The molecule has 0 radical (unpaired) electrons. The molecule has 3 N–H and O–H groups in total. The Labute approximate surface area is 387 Å². The number of carbonyl (C=O) groups is 5. The number of imide groups is 2. The van der Waals surface area contributed by atoms with Crippen LogP contribution in [0.2, 0.25) is 5.02 Å². The largest absolute Gasteiger partial charge is 0.478 e. The summed E-state index contributed by atoms with van der Waals surface area (Å²) < 4.78 is 13.9. The van der Waals surface area contributed by atoms with Gasteiger partial charge in [-0.3, -0.25) is 43.9 Å². The van der Waals surface area contributed by atoms with Crippen LogP contribution < -0.4 is 31.1 Å². The van der Waals surface area contributed by atoms with Crippen molar-refractivity contribution in [2.24, 2.45) is 5.41 Å². The van der Waals surface area contributed by atoms with Gasteiger partial charge in [-0.15, -0.1) is 0 Å². The number of aromatic nitrogens is 3. The predicted molar refractivity (Wildman–Crippen MR) is 247 cm³/mol. The number of nitrogens with zero attached hydrogens (tertiary/aromatic N) is 6. The lowest BCUT2D eigenvalue weighted by Gasteiger charge is -2.51. The van der Waals surface area contributed by atoms with Crippen molar-refractivity contribution in [1.82, 2.24) is 35.0 Å². The number of fused-ring (bicyclic) bond motifs is 2. The van der Waals surface area contributed by atoms with Crippen LogP contribution in [0, 0.1) is 5.41 Å². The molecule has 5 amide bonds. The van der Waals surface area contributed by atoms with Crippen LogP contribution in [0.3, 0.4) is 0 Å². The number of hydrogen-bond acceptors (Lipinski definition) is 13. The molecule has 2 atom stereocenters. The molecule has 348 valence electrons. The van der Waals surface area contributed by atoms with Crippen LogP contribution in [0.4, 0.5) is 17.5 Å². The van der Waals surface area contributed by atoms with Gasteiger partial charge in [0.2, 0.25) is 17.8 Å². The first-order valence-corrected chi connectivity index (χ1v) is 23.3. The van der Waals surface area contributed by atoms with Crippen molar-refractivity contribution in [3.8, 4) is 5.75 Å². The minimum Gasteiger partial charge on any atom is -0.478 e. The zero-order chi connectivity index (χ0) is 46.6. The number of amides is 5. The van der Waals surface area contributed by atoms with Crippen molar-refractivity contribution in [2.75, 3.05) is 50.1 Å². The van der Waals surface area contributed by atoms with Crippen molar-refractivity contribution in [1.29, 1.82) is 0 Å². The number of hydrogen-bond donors (Lipinski definition) is 3. The van der Waals surface area contributed by atoms with E-state index in [9.17, 15) is 28.8 Å². The van der Waals surface area contributed by atoms with Gasteiger partial charge in [-0.05, 0) is 112 Å². The standard InChI is InChI=1S/C48H56ClN9O8/c1-26(2)57-37-9-7-29(18-28(37)20-39(46(57)64)65-24-41(60)50-5)52-42-36(49)23-51-47(54-42)55-15-12-31(13-16-55)66-32-21-30(22-32)56-17-14-35(48(3,4)25-56)27-6-8-33-34(19-27)45(63)58(44(33)62)38-10-11-40(59)53-43(38)61/h6-9,18-20,23,26,30-32,35,38H,10-17,21-22,24-25H2,1-5H3,(H,50,60)(H,51,52,54)(H,53,59,61)/t30-,32-,35?,38?. The molecule has 18 heteroatoms. The summed E-state index contributed by atoms with van der Waals surface area (Å²) in [6, 6.07) is 12.1. The molecule has 5 aliphatic rings. The van der Waals surface area contributed by atoms with Gasteiger partial charge in [-0.2, -0.15) is 4.98 Å². The van der Waals surface area contributed by atoms with Gasteiger partial charge in [0.1, 0.15) is 11.1 Å². The van der Waals surface area contributed by atoms with Gasteiger partial charge < -0.3 is 29.6 Å². The van der Waals surface area contributed by atoms with E-state index in [0.29, 0.717) is 39.6 Å². The molecule has 17 nitrogen and oxygen atoms in total. The van der Waals surface area contributed by atoms with E-state index in [4.69, 9.17) is 26.1 Å². The number of halogens is 1. The highest BCUT2D eigenvalue weighted by molar-refractivity contribution is 6.33. The monoisotopic (exact) mass is 921 g/mol. The van der Waals surface area contributed by atoms with Gasteiger partial charge in [0, 0.05) is 56.3 Å². The summed E-state index contributed by atoms with van der Waals surface area (Å²) in [7, 11) is 1.51. The third-order valence-corrected chi connectivity index (χ3v) is 14.2. The Morgan fingerprint density at radius 2 is 1.70 bits per heavy atom. The minimum absolute atomic E-state index is 0.0862. The quantitative estimate of drug-likeness (QED) is 0.155. The summed E-state index contributed by atoms with van der Waals surface area (Å²) in [5.41, 5.74) is 2.68. The molecule has 1 saturated carbocycles. The van der Waals surface area contributed by atoms with E-state index in [2.05, 4.69) is 44.6 Å². The third kappa shape index (κ3) is 8.75. The molecule has 6 heterocycles. The van der Waals surface area contributed by atoms with Crippen LogP contribution in [0.25, 0.3) is 10.9 Å². The Balaban J connectivity index is 0.765. The highest BCUT2D eigenvalue weighted by Gasteiger charge is 2.47. The smallest absolute Gasteiger partial charge is 0.293 e. The van der Waals surface area contributed by atoms with Crippen molar-refractivity contribution in [3.63, 3.8) is 0 Å². The molecule has 2 aromatic heterocycles. The number of nitrogens with one attached hydrogen (secondary N) is 3. The topological polar surface area (TPSA) is 197 Å². The molecule has 4 aliphatic heterocycles. The number of benzene rings is 2. The fourth-order valence-corrected chi connectivity index (χ4v) is 10.5. The number of piperidine rings is 3. The van der Waals surface area contributed by atoms with Crippen LogP contribution in [0.1, 0.15) is 111 Å². The van der Waals surface area contributed by atoms with Gasteiger partial charge in [0.05, 0.1) is 35.0 Å². The van der Waals surface area contributed by atoms with E-state index >= 15 is 0 Å². The third-order valence-electron chi connectivity index (χ3n) is 14.0. The summed E-state index contributed by atoms with van der Waals surface area (Å²) in [6.07, 6.45) is 6.74. The van der Waals surface area contributed by atoms with E-state index in [1.54, 1.807) is 22.9 Å². The summed E-state index contributed by atoms with van der Waals surface area (Å²) in [5.74, 6) is -1.00. The van der Waals surface area contributed by atoms with Crippen LogP contribution in [-0.4, -0.2) is 118 Å². The molecule has 1 aliphatic carbocycles. The van der Waals surface area contributed by atoms with E-state index in [1.165, 1.54) is 7.05 Å². The number of likely N-dealkylation sites (tertiary alicyclic amines) is 1. The van der Waals surface area contributed by atoms with Gasteiger partial charge in [0.15, 0.2) is 18.2 Å². The Hall–Kier alpha value is -5.91. The normalized spacial score (nSPS) is 23.5. The van der Waals surface area contributed by atoms with E-state index in [1.807, 2.05) is 44.2 Å². The molecule has 66 heavy (non-hydrogen) atoms. The second kappa shape index (κ2) is 18.1. The zero-order valence-electron chi connectivity index (χ0n) is 37.9. The van der Waals surface area contributed by atoms with Crippen LogP contribution in [-0.2, 0) is 19.1 Å². The van der Waals surface area contributed by atoms with E-state index < -0.39 is 29.7 Å². The Morgan fingerprint density at radius 1 is 0.939 bits per heavy atom. The summed E-state index contributed by atoms with van der Waals surface area (Å²) >= 11 is 6.61. The number of pyridine rings is 1. The Morgan fingerprint density at radius 3 is 2.41 bits per heavy atom. The zero-order valence-corrected chi connectivity index (χ0v) is 38.7. The molecule has 0 bridgehead atoms. The SMILES string of the molecule is CNC(=O)COc1cc2cc(Nc3nc(N4CCC(O[C@H]5C[C@H](N6CCC(c7ccc8c(c7)C(=O)N(C7CCC(=O)NC7=O)C8=O)C(C)(C)C6)C5)CC4)ncc3Cl)ccc2n(C(C)C)c1=O. The molecule has 2 aromatic carbocycles. The molecule has 4 fully saturated rings. The molecule has 9 rings (SSSR count). The average Bonchev–Trinajstić information content (AvgIpc) is 3.51. The minimum atomic E-state index is -0.982. The average molecular weight is 922 g/mol. The van der Waals surface area contributed by atoms with Crippen LogP contribution in [0.15, 0.2) is 53.5 Å². The first-order chi connectivity index (χ1) is 31.6. The summed E-state index contributed by atoms with van der Waals surface area (Å²) in [4.78, 5) is 91.3. The molecular formula is C48H56ClN9O8. The maximum Gasteiger partial charge on any atom is 0.293 e. The van der Waals surface area contributed by atoms with Gasteiger partial charge in [0.25, 0.3) is 23.3 Å². The first-order valence-electron chi connectivity index (χ1n) is 22.9. The van der Waals surface area contributed by atoms with Crippen molar-refractivity contribution in [3.05, 3.63) is 80.7 Å². The lowest BCUT2D eigenvalue weighted by atomic mass is 9.69. The lowest BCUT2D eigenvalue weighted by Crippen LogP contribution is -2.55. The van der Waals surface area contributed by atoms with Crippen LogP contribution in [0.5, 0.6) is 5.75 Å². The van der Waals surface area contributed by atoms with Crippen molar-refractivity contribution >= 4 is 69.5 Å². The second-order valence-electron chi connectivity index (χ2n) is 19.1. The van der Waals surface area contributed by atoms with Gasteiger partial charge in [-0.25, -0.2) is 4.98 Å². The summed E-state index contributed by atoms with van der Waals surface area (Å²) in [6.45, 7) is 11.4. The van der Waals surface area contributed by atoms with Crippen LogP contribution >= 0.6 is 11.6 Å². The van der Waals surface area contributed by atoms with Gasteiger partial charge in [-0.1, -0.05) is 31.5 Å². The second-order valence-corrected chi connectivity index (χ2v) is 19.5. The fourth-order valence-electron chi connectivity index (χ4n) is 10.4. The number of ether oxygens (including phenoxy) is 2. The lowest BCUT2D eigenvalue weighted by molar-refractivity contribution is -0.136. The van der Waals surface area contributed by atoms with E-state index in [0.717, 1.165) is 79.6 Å². The highest BCUT2D eigenvalue weighted by atomic mass is 35.5. The maximum atomic E-state index is 13.5. The van der Waals surface area contributed by atoms with E-state index in [-0.39, 0.29) is 66.2 Å². The molecule has 0 spiro atoms. The van der Waals surface area contributed by atoms with Crippen molar-refractivity contribution < 1.29 is 33.4 Å². The molecule has 4 aromatic rings. The maximum absolute atomic E-state index is 13.5. The van der Waals surface area contributed by atoms with Gasteiger partial charge >= 0.3 is 0 Å². The number of likely N-dealkylation sites (N-methyl/N-ethyl adjacent to an activating group) is 1. The highest BCUT2D eigenvalue weighted by Crippen LogP contribution is 2.46. The molecule has 2 unspecified atom stereocenters. The Kier molecular flexibility index (Phi) is 12.4. The number of anilines is 3. The first kappa shape index (κ1) is 45.3. The number of rotatable bonds is 12. The summed E-state index contributed by atoms with van der Waals surface area (Å²) in [5, 5.41) is 9.21. The molecule has 3 saturated heterocycles. The molecular weight excluding hydrogens is 866 g/mol. The van der Waals surface area contributed by atoms with Crippen molar-refractivity contribution in [2.45, 2.75) is 109 Å². The Bertz CT molecular complexity index is 2670. The predicted octanol–water partition coefficient (Wildman–Crippen LogP) is 5.33.